The van der Waals surface area contributed by atoms with Crippen molar-refractivity contribution in [3.63, 3.8) is 0 Å². The second kappa shape index (κ2) is 11.5. The summed E-state index contributed by atoms with van der Waals surface area (Å²) in [5.41, 5.74) is -1.79. The molecule has 0 aliphatic carbocycles. The van der Waals surface area contributed by atoms with E-state index in [2.05, 4.69) is 9.97 Å². The average Bonchev–Trinajstić information content (AvgIpc) is 2.90. The molecule has 2 nitrogen and oxygen atoms in total. The molecule has 0 atom stereocenters. The lowest BCUT2D eigenvalue weighted by Crippen LogP contribution is -2.12. The van der Waals surface area contributed by atoms with Crippen LogP contribution in [0.5, 0.6) is 0 Å². The first-order valence-electron chi connectivity index (χ1n) is 11.9. The van der Waals surface area contributed by atoms with Gasteiger partial charge in [0.15, 0.2) is 5.83 Å². The molecule has 208 valence electrons. The van der Waals surface area contributed by atoms with Crippen LogP contribution >= 0.6 is 0 Å². The van der Waals surface area contributed by atoms with Gasteiger partial charge in [0.25, 0.3) is 0 Å². The van der Waals surface area contributed by atoms with Crippen molar-refractivity contribution in [3.8, 4) is 22.3 Å². The molecule has 0 saturated carbocycles. The van der Waals surface area contributed by atoms with Gasteiger partial charge in [-0.2, -0.15) is 13.2 Å². The Morgan fingerprint density at radius 2 is 1.27 bits per heavy atom. The Morgan fingerprint density at radius 1 is 0.700 bits per heavy atom. The van der Waals surface area contributed by atoms with Gasteiger partial charge in [0.05, 0.1) is 0 Å². The Morgan fingerprint density at radius 3 is 1.82 bits per heavy atom. The summed E-state index contributed by atoms with van der Waals surface area (Å²) in [5.74, 6) is -7.04. The van der Waals surface area contributed by atoms with Crippen LogP contribution < -0.4 is 0 Å². The van der Waals surface area contributed by atoms with Crippen LogP contribution in [0.1, 0.15) is 35.9 Å². The molecule has 1 aromatic heterocycles. The maximum absolute atomic E-state index is 14.9. The standard InChI is InChI=1S/C29H19F9N2/c1-2-21(30)28(35)17-5-7-19(23(32)12-17)16-4-6-20(22(31)11-16)18-13-39-26(40-14-18)8-3-15-9-24(33)27(25(34)10-15)29(36,37)38/h4-7,9-14H,2-3,8H2,1H3/b28-21+. The summed E-state index contributed by atoms with van der Waals surface area (Å²) in [6, 6.07) is 8.29. The summed E-state index contributed by atoms with van der Waals surface area (Å²) in [4.78, 5) is 8.16. The monoisotopic (exact) mass is 566 g/mol. The van der Waals surface area contributed by atoms with E-state index < -0.39 is 46.7 Å². The summed E-state index contributed by atoms with van der Waals surface area (Å²) in [6.07, 6.45) is -2.78. The van der Waals surface area contributed by atoms with E-state index in [-0.39, 0.29) is 58.5 Å². The Kier molecular flexibility index (Phi) is 8.32. The van der Waals surface area contributed by atoms with E-state index in [1.165, 1.54) is 43.6 Å². The van der Waals surface area contributed by atoms with Crippen LogP contribution in [0.25, 0.3) is 28.1 Å². The number of nitrogens with zero attached hydrogens (tertiary/aromatic N) is 2. The van der Waals surface area contributed by atoms with Gasteiger partial charge in [-0.1, -0.05) is 31.2 Å². The van der Waals surface area contributed by atoms with Gasteiger partial charge in [-0.05, 0) is 48.2 Å². The molecule has 40 heavy (non-hydrogen) atoms. The molecule has 0 saturated heterocycles. The highest BCUT2D eigenvalue weighted by atomic mass is 19.4. The minimum absolute atomic E-state index is 0.0215. The average molecular weight is 566 g/mol. The third-order valence-electron chi connectivity index (χ3n) is 6.09. The summed E-state index contributed by atoms with van der Waals surface area (Å²) < 4.78 is 123. The van der Waals surface area contributed by atoms with Crippen molar-refractivity contribution in [2.45, 2.75) is 32.4 Å². The number of alkyl halides is 3. The van der Waals surface area contributed by atoms with Gasteiger partial charge < -0.3 is 0 Å². The van der Waals surface area contributed by atoms with Crippen LogP contribution in [-0.2, 0) is 19.0 Å². The zero-order valence-corrected chi connectivity index (χ0v) is 20.7. The second-order valence-corrected chi connectivity index (χ2v) is 8.78. The molecule has 0 N–H and O–H groups in total. The molecular formula is C29H19F9N2. The van der Waals surface area contributed by atoms with Gasteiger partial charge in [0, 0.05) is 41.1 Å². The highest BCUT2D eigenvalue weighted by Gasteiger charge is 2.37. The number of aryl methyl sites for hydroxylation is 2. The lowest BCUT2D eigenvalue weighted by Gasteiger charge is -2.11. The largest absolute Gasteiger partial charge is 0.422 e. The zero-order chi connectivity index (χ0) is 29.2. The Labute approximate surface area is 222 Å². The molecule has 0 radical (unpaired) electrons. The van der Waals surface area contributed by atoms with E-state index in [4.69, 9.17) is 0 Å². The molecule has 4 aromatic rings. The molecule has 4 rings (SSSR count). The van der Waals surface area contributed by atoms with E-state index in [1.807, 2.05) is 0 Å². The van der Waals surface area contributed by atoms with E-state index >= 15 is 0 Å². The van der Waals surface area contributed by atoms with Crippen molar-refractivity contribution in [2.75, 3.05) is 0 Å². The highest BCUT2D eigenvalue weighted by Crippen LogP contribution is 2.35. The molecule has 0 bridgehead atoms. The van der Waals surface area contributed by atoms with Crippen LogP contribution in [0.15, 0.2) is 66.8 Å². The van der Waals surface area contributed by atoms with Gasteiger partial charge in [-0.15, -0.1) is 0 Å². The third kappa shape index (κ3) is 6.19. The topological polar surface area (TPSA) is 25.8 Å². The number of benzene rings is 3. The number of allylic oxidation sites excluding steroid dienone is 1. The number of hydrogen-bond acceptors (Lipinski definition) is 2. The molecule has 0 spiro atoms. The third-order valence-corrected chi connectivity index (χ3v) is 6.09. The molecule has 1 heterocycles. The second-order valence-electron chi connectivity index (χ2n) is 8.78. The fraction of sp³-hybridized carbons (Fsp3) is 0.172. The van der Waals surface area contributed by atoms with Gasteiger partial charge >= 0.3 is 6.18 Å². The van der Waals surface area contributed by atoms with Crippen LogP contribution in [0.2, 0.25) is 0 Å². The fourth-order valence-electron chi connectivity index (χ4n) is 4.03. The summed E-state index contributed by atoms with van der Waals surface area (Å²) in [5, 5.41) is 0. The van der Waals surface area contributed by atoms with Crippen molar-refractivity contribution >= 4 is 5.83 Å². The first-order chi connectivity index (χ1) is 18.9. The van der Waals surface area contributed by atoms with Crippen LogP contribution in [0, 0.1) is 23.3 Å². The Bertz CT molecular complexity index is 1550. The lowest BCUT2D eigenvalue weighted by atomic mass is 9.99. The molecule has 0 unspecified atom stereocenters. The molecule has 0 aliphatic rings. The van der Waals surface area contributed by atoms with Crippen LogP contribution in [0.3, 0.4) is 0 Å². The quantitative estimate of drug-likeness (QED) is 0.209. The van der Waals surface area contributed by atoms with Crippen LogP contribution in [-0.4, -0.2) is 9.97 Å². The predicted molar refractivity (Wildman–Crippen MR) is 131 cm³/mol. The molecule has 3 aromatic carbocycles. The van der Waals surface area contributed by atoms with Crippen molar-refractivity contribution in [1.29, 1.82) is 0 Å². The van der Waals surface area contributed by atoms with Gasteiger partial charge in [-0.25, -0.2) is 36.3 Å². The minimum Gasteiger partial charge on any atom is -0.241 e. The molecule has 0 aliphatic heterocycles. The maximum Gasteiger partial charge on any atom is 0.422 e. The van der Waals surface area contributed by atoms with Gasteiger partial charge in [0.2, 0.25) is 0 Å². The fourth-order valence-corrected chi connectivity index (χ4v) is 4.03. The minimum atomic E-state index is -5.16. The van der Waals surface area contributed by atoms with Gasteiger partial charge in [-0.3, -0.25) is 0 Å². The number of aromatic nitrogens is 2. The smallest absolute Gasteiger partial charge is 0.241 e. The van der Waals surface area contributed by atoms with E-state index in [9.17, 15) is 39.5 Å². The SMILES string of the molecule is CC/C(F)=C(\F)c1ccc(-c2ccc(-c3cnc(CCc4cc(F)c(C(F)(F)F)c(F)c4)nc3)c(F)c2)c(F)c1. The lowest BCUT2D eigenvalue weighted by molar-refractivity contribution is -0.142. The van der Waals surface area contributed by atoms with Crippen molar-refractivity contribution in [2.24, 2.45) is 0 Å². The zero-order valence-electron chi connectivity index (χ0n) is 20.7. The van der Waals surface area contributed by atoms with E-state index in [0.717, 1.165) is 12.1 Å². The highest BCUT2D eigenvalue weighted by molar-refractivity contribution is 5.72. The van der Waals surface area contributed by atoms with Crippen molar-refractivity contribution in [1.82, 2.24) is 9.97 Å². The van der Waals surface area contributed by atoms with E-state index in [1.54, 1.807) is 0 Å². The maximum atomic E-state index is 14.9. The summed E-state index contributed by atoms with van der Waals surface area (Å²) in [6.45, 7) is 1.41. The Hall–Kier alpha value is -4.15. The number of rotatable bonds is 7. The first-order valence-corrected chi connectivity index (χ1v) is 11.9. The predicted octanol–water partition coefficient (Wildman–Crippen LogP) is 9.19. The number of halogens is 9. The van der Waals surface area contributed by atoms with Gasteiger partial charge in [0.1, 0.15) is 40.5 Å². The first kappa shape index (κ1) is 28.8. The summed E-state index contributed by atoms with van der Waals surface area (Å²) in [7, 11) is 0. The Balaban J connectivity index is 1.49. The number of hydrogen-bond donors (Lipinski definition) is 0. The van der Waals surface area contributed by atoms with E-state index in [0.29, 0.717) is 12.1 Å². The summed E-state index contributed by atoms with van der Waals surface area (Å²) >= 11 is 0. The molecule has 0 fully saturated rings. The van der Waals surface area contributed by atoms with Crippen LogP contribution in [0.4, 0.5) is 39.5 Å². The molecular weight excluding hydrogens is 547 g/mol. The molecule has 11 heteroatoms. The normalized spacial score (nSPS) is 12.4. The van der Waals surface area contributed by atoms with Crippen molar-refractivity contribution < 1.29 is 39.5 Å². The molecule has 0 amide bonds. The van der Waals surface area contributed by atoms with Crippen molar-refractivity contribution in [3.05, 3.63) is 113 Å².